The van der Waals surface area contributed by atoms with E-state index in [1.165, 1.54) is 17.8 Å². The molecule has 1 saturated carbocycles. The number of hydrogen-bond donors (Lipinski definition) is 3. The summed E-state index contributed by atoms with van der Waals surface area (Å²) in [6.07, 6.45) is 6.99. The molecule has 0 spiro atoms. The van der Waals surface area contributed by atoms with Crippen LogP contribution in [0.1, 0.15) is 57.4 Å². The number of halogens is 2. The van der Waals surface area contributed by atoms with Crippen molar-refractivity contribution in [2.75, 3.05) is 43.0 Å². The van der Waals surface area contributed by atoms with E-state index in [4.69, 9.17) is 30.2 Å². The highest BCUT2D eigenvalue weighted by Crippen LogP contribution is 2.48. The minimum absolute atomic E-state index is 0.188. The molecule has 3 aromatic rings. The third-order valence-electron chi connectivity index (χ3n) is 10.5. The Balaban J connectivity index is 1.13. The molecule has 14 heteroatoms. The summed E-state index contributed by atoms with van der Waals surface area (Å²) in [5.74, 6) is 0.926. The molecule has 11 nitrogen and oxygen atoms in total. The van der Waals surface area contributed by atoms with Crippen molar-refractivity contribution in [1.82, 2.24) is 29.7 Å². The zero-order valence-corrected chi connectivity index (χ0v) is 25.3. The maximum atomic E-state index is 14.6. The van der Waals surface area contributed by atoms with Gasteiger partial charge in [0.1, 0.15) is 29.6 Å². The monoisotopic (exact) mass is 625 g/mol. The van der Waals surface area contributed by atoms with Crippen LogP contribution in [0.4, 0.5) is 20.3 Å². The minimum Gasteiger partial charge on any atom is -0.461 e. The number of fused-ring (bicyclic) bond motifs is 5. The Morgan fingerprint density at radius 2 is 1.91 bits per heavy atom. The van der Waals surface area contributed by atoms with Crippen molar-refractivity contribution in [2.24, 2.45) is 5.73 Å². The summed E-state index contributed by atoms with van der Waals surface area (Å²) in [7, 11) is 0. The lowest BCUT2D eigenvalue weighted by Crippen LogP contribution is -2.51. The number of nitrogens with one attached hydrogen (secondary N) is 2. The molecular formula is C30H37F2N9O2S. The first-order valence-corrected chi connectivity index (χ1v) is 16.8. The van der Waals surface area contributed by atoms with Crippen LogP contribution in [0.15, 0.2) is 17.0 Å². The van der Waals surface area contributed by atoms with E-state index < -0.39 is 11.7 Å². The highest BCUT2D eigenvalue weighted by atomic mass is 32.2. The fraction of sp³-hybridized carbons (Fsp3) is 0.633. The van der Waals surface area contributed by atoms with E-state index in [9.17, 15) is 8.78 Å². The predicted octanol–water partition coefficient (Wildman–Crippen LogP) is 4.14. The maximum Gasteiger partial charge on any atom is 0.320 e. The average molecular weight is 626 g/mol. The number of nitrogens with two attached hydrogens (primary N) is 1. The van der Waals surface area contributed by atoms with Gasteiger partial charge in [0.25, 0.3) is 0 Å². The lowest BCUT2D eigenvalue weighted by molar-refractivity contribution is 0.107. The number of imidazole rings is 1. The normalized spacial score (nSPS) is 31.3. The number of alkyl halides is 1. The summed E-state index contributed by atoms with van der Waals surface area (Å²) in [6, 6.07) is 4.67. The van der Waals surface area contributed by atoms with Gasteiger partial charge in [-0.3, -0.25) is 9.47 Å². The van der Waals surface area contributed by atoms with Gasteiger partial charge >= 0.3 is 12.0 Å². The second kappa shape index (κ2) is 10.3. The Morgan fingerprint density at radius 1 is 1.07 bits per heavy atom. The van der Waals surface area contributed by atoms with Crippen molar-refractivity contribution in [3.05, 3.63) is 17.9 Å². The van der Waals surface area contributed by atoms with Crippen LogP contribution in [0, 0.1) is 5.82 Å². The molecule has 4 N–H and O–H groups in total. The molecule has 44 heavy (non-hydrogen) atoms. The number of piperazine rings is 1. The number of benzene rings is 1. The summed E-state index contributed by atoms with van der Waals surface area (Å²) in [6.45, 7) is 3.38. The standard InChI is InChI=1S/C30H37F2N9O2S/c31-16-11-30(9-2-10-40(30)12-16)15-42-28-36-25-23(26(38-28)39-13-17-5-6-18(14-39)34-17)41(19-3-1-4-19)29(37-25)43-21-8-7-20(32)24-22(21)35-27(33)44-24/h7-8,16-19,27,34-35H,1-6,9-15,33H2/t16?,17?,18?,27?,30-/m0/s1. The molecule has 5 aliphatic heterocycles. The van der Waals surface area contributed by atoms with Gasteiger partial charge in [-0.1, -0.05) is 11.8 Å². The van der Waals surface area contributed by atoms with Crippen LogP contribution >= 0.6 is 11.8 Å². The third-order valence-corrected chi connectivity index (χ3v) is 11.5. The van der Waals surface area contributed by atoms with Gasteiger partial charge in [0.15, 0.2) is 17.2 Å². The Kier molecular flexibility index (Phi) is 6.40. The molecular weight excluding hydrogens is 588 g/mol. The van der Waals surface area contributed by atoms with E-state index in [1.54, 1.807) is 6.07 Å². The molecule has 5 atom stereocenters. The first kappa shape index (κ1) is 27.4. The molecule has 6 aliphatic rings. The molecule has 0 amide bonds. The Labute approximate surface area is 258 Å². The molecule has 0 radical (unpaired) electrons. The van der Waals surface area contributed by atoms with E-state index >= 15 is 0 Å². The van der Waals surface area contributed by atoms with Gasteiger partial charge in [-0.2, -0.15) is 15.0 Å². The average Bonchev–Trinajstić information content (AvgIpc) is 3.77. The van der Waals surface area contributed by atoms with Crippen LogP contribution < -0.4 is 30.7 Å². The maximum absolute atomic E-state index is 14.6. The van der Waals surface area contributed by atoms with Crippen LogP contribution in [0.3, 0.4) is 0 Å². The largest absolute Gasteiger partial charge is 0.461 e. The molecule has 2 aromatic heterocycles. The second-order valence-corrected chi connectivity index (χ2v) is 14.4. The summed E-state index contributed by atoms with van der Waals surface area (Å²) in [5.41, 5.74) is 7.20. The molecule has 5 fully saturated rings. The first-order chi connectivity index (χ1) is 21.4. The van der Waals surface area contributed by atoms with E-state index in [2.05, 4.69) is 25.0 Å². The van der Waals surface area contributed by atoms with E-state index in [0.29, 0.717) is 59.6 Å². The molecule has 4 saturated heterocycles. The molecule has 9 rings (SSSR count). The van der Waals surface area contributed by atoms with Crippen molar-refractivity contribution < 1.29 is 18.3 Å². The second-order valence-electron chi connectivity index (χ2n) is 13.3. The van der Waals surface area contributed by atoms with Crippen LogP contribution in [0.25, 0.3) is 11.2 Å². The smallest absolute Gasteiger partial charge is 0.320 e. The van der Waals surface area contributed by atoms with Crippen molar-refractivity contribution in [1.29, 1.82) is 0 Å². The Bertz CT molecular complexity index is 1610. The van der Waals surface area contributed by atoms with Gasteiger partial charge in [0, 0.05) is 44.2 Å². The van der Waals surface area contributed by atoms with Crippen LogP contribution in [-0.2, 0) is 0 Å². The van der Waals surface area contributed by atoms with Gasteiger partial charge < -0.3 is 30.7 Å². The number of rotatable bonds is 7. The van der Waals surface area contributed by atoms with Gasteiger partial charge in [0.2, 0.25) is 0 Å². The minimum atomic E-state index is -0.831. The first-order valence-electron chi connectivity index (χ1n) is 15.9. The molecule has 1 aliphatic carbocycles. The summed E-state index contributed by atoms with van der Waals surface area (Å²) < 4.78 is 44.1. The van der Waals surface area contributed by atoms with Crippen molar-refractivity contribution in [3.63, 3.8) is 0 Å². The number of anilines is 2. The fourth-order valence-corrected chi connectivity index (χ4v) is 9.07. The predicted molar refractivity (Wildman–Crippen MR) is 163 cm³/mol. The fourth-order valence-electron chi connectivity index (χ4n) is 8.18. The summed E-state index contributed by atoms with van der Waals surface area (Å²) in [4.78, 5) is 19.9. The number of thioether (sulfide) groups is 1. The van der Waals surface area contributed by atoms with Crippen molar-refractivity contribution in [3.8, 4) is 17.8 Å². The van der Waals surface area contributed by atoms with Crippen molar-refractivity contribution >= 4 is 34.4 Å². The molecule has 2 bridgehead atoms. The zero-order valence-electron chi connectivity index (χ0n) is 24.5. The quantitative estimate of drug-likeness (QED) is 0.352. The molecule has 234 valence electrons. The highest BCUT2D eigenvalue weighted by Gasteiger charge is 2.49. The highest BCUT2D eigenvalue weighted by molar-refractivity contribution is 8.00. The molecule has 1 aromatic carbocycles. The third kappa shape index (κ3) is 4.43. The topological polar surface area (TPSA) is 119 Å². The van der Waals surface area contributed by atoms with Gasteiger partial charge in [-0.15, -0.1) is 0 Å². The van der Waals surface area contributed by atoms with Gasteiger partial charge in [-0.05, 0) is 63.6 Å². The van der Waals surface area contributed by atoms with E-state index in [1.807, 2.05) is 0 Å². The lowest BCUT2D eigenvalue weighted by Gasteiger charge is -2.35. The SMILES string of the molecule is NC1Nc2c(Oc3nc4nc(OC[C@@]56CCCN5CC(F)C6)nc(N5CC6CCC(C5)N6)c4n3C3CCC3)ccc(F)c2S1. The lowest BCUT2D eigenvalue weighted by atomic mass is 9.93. The van der Waals surface area contributed by atoms with Gasteiger partial charge in [0.05, 0.1) is 16.1 Å². The Hall–Kier alpha value is -2.94. The summed E-state index contributed by atoms with van der Waals surface area (Å²) >= 11 is 1.23. The van der Waals surface area contributed by atoms with E-state index in [-0.39, 0.29) is 23.4 Å². The Morgan fingerprint density at radius 3 is 2.70 bits per heavy atom. The number of ether oxygens (including phenoxy) is 2. The van der Waals surface area contributed by atoms with E-state index in [0.717, 1.165) is 75.9 Å². The molecule has 4 unspecified atom stereocenters. The number of hydrogen-bond acceptors (Lipinski definition) is 11. The summed E-state index contributed by atoms with van der Waals surface area (Å²) in [5, 5.41) is 6.85. The van der Waals surface area contributed by atoms with Crippen molar-refractivity contribution in [2.45, 2.75) is 91.6 Å². The zero-order chi connectivity index (χ0) is 29.6. The number of nitrogens with zero attached hydrogens (tertiary/aromatic N) is 6. The van der Waals surface area contributed by atoms with Crippen LogP contribution in [0.5, 0.6) is 17.8 Å². The van der Waals surface area contributed by atoms with Gasteiger partial charge in [-0.25, -0.2) is 8.78 Å². The van der Waals surface area contributed by atoms with Crippen LogP contribution in [-0.4, -0.2) is 86.5 Å². The van der Waals surface area contributed by atoms with Crippen LogP contribution in [0.2, 0.25) is 0 Å². The number of aromatic nitrogens is 4. The molecule has 7 heterocycles.